The quantitative estimate of drug-likeness (QED) is 0.309. The van der Waals surface area contributed by atoms with Gasteiger partial charge in [-0.3, -0.25) is 4.79 Å². The van der Waals surface area contributed by atoms with Crippen molar-refractivity contribution in [1.29, 1.82) is 0 Å². The lowest BCUT2D eigenvalue weighted by molar-refractivity contribution is -0.123. The summed E-state index contributed by atoms with van der Waals surface area (Å²) in [6.45, 7) is 5.47. The molecule has 0 aromatic heterocycles. The van der Waals surface area contributed by atoms with Gasteiger partial charge < -0.3 is 19.9 Å². The summed E-state index contributed by atoms with van der Waals surface area (Å²) in [6.07, 6.45) is 0.925. The fourth-order valence-electron chi connectivity index (χ4n) is 1.31. The lowest BCUT2D eigenvalue weighted by Gasteiger charge is -2.16. The molecule has 1 amide bonds. The van der Waals surface area contributed by atoms with Crippen LogP contribution in [0.2, 0.25) is 6.04 Å². The molecule has 0 atom stereocenters. The molecule has 0 aliphatic heterocycles. The highest BCUT2D eigenvalue weighted by molar-refractivity contribution is 6.36. The van der Waals surface area contributed by atoms with E-state index in [1.807, 2.05) is 13.8 Å². The zero-order chi connectivity index (χ0) is 12.2. The molecule has 0 heterocycles. The Bertz CT molecular complexity index is 174. The zero-order valence-electron chi connectivity index (χ0n) is 10.2. The van der Waals surface area contributed by atoms with Crippen molar-refractivity contribution >= 4 is 15.4 Å². The van der Waals surface area contributed by atoms with Gasteiger partial charge in [-0.05, 0) is 20.3 Å². The second-order valence-electron chi connectivity index (χ2n) is 3.34. The Morgan fingerprint density at radius 2 is 2.00 bits per heavy atom. The monoisotopic (exact) mass is 249 g/mol. The summed E-state index contributed by atoms with van der Waals surface area (Å²) in [6, 6.07) is 1.07. The summed E-state index contributed by atoms with van der Waals surface area (Å²) >= 11 is 0. The number of nitrogens with one attached hydrogen (secondary N) is 1. The number of aliphatic hydroxyl groups is 1. The van der Waals surface area contributed by atoms with Crippen LogP contribution in [0.1, 0.15) is 20.3 Å². The standard InChI is InChI=1S/C10H23NO4Si/c1-3-14-10(15-4-2)16-7-5-6-11-9(13)8-12/h10,12H,3-8,16H2,1-2H3,(H,11,13). The second kappa shape index (κ2) is 11.1. The van der Waals surface area contributed by atoms with Crippen LogP contribution in [0.15, 0.2) is 0 Å². The van der Waals surface area contributed by atoms with E-state index in [1.165, 1.54) is 0 Å². The Morgan fingerprint density at radius 3 is 2.50 bits per heavy atom. The molecule has 6 heteroatoms. The predicted octanol–water partition coefficient (Wildman–Crippen LogP) is -0.571. The Kier molecular flexibility index (Phi) is 10.8. The first kappa shape index (κ1) is 15.6. The Hall–Kier alpha value is -0.433. The molecular weight excluding hydrogens is 226 g/mol. The minimum atomic E-state index is -0.433. The van der Waals surface area contributed by atoms with Crippen LogP contribution in [0.4, 0.5) is 0 Å². The van der Waals surface area contributed by atoms with Crippen molar-refractivity contribution in [3.8, 4) is 0 Å². The van der Waals surface area contributed by atoms with E-state index in [0.717, 1.165) is 12.5 Å². The molecule has 0 aromatic rings. The Labute approximate surface area is 99.3 Å². The molecule has 5 nitrogen and oxygen atoms in total. The van der Waals surface area contributed by atoms with Crippen molar-refractivity contribution in [1.82, 2.24) is 5.32 Å². The van der Waals surface area contributed by atoms with E-state index in [-0.39, 0.29) is 11.8 Å². The molecule has 0 saturated carbocycles. The van der Waals surface area contributed by atoms with E-state index in [4.69, 9.17) is 14.6 Å². The van der Waals surface area contributed by atoms with Gasteiger partial charge in [0.15, 0.2) is 0 Å². The van der Waals surface area contributed by atoms with Crippen molar-refractivity contribution in [3.05, 3.63) is 0 Å². The van der Waals surface area contributed by atoms with E-state index in [2.05, 4.69) is 5.32 Å². The Morgan fingerprint density at radius 1 is 1.38 bits per heavy atom. The SMILES string of the molecule is CCOC(OCC)[SiH2]CCCNC(=O)CO. The molecule has 0 aliphatic carbocycles. The number of carbonyl (C=O) groups excluding carboxylic acids is 1. The van der Waals surface area contributed by atoms with Crippen molar-refractivity contribution in [2.24, 2.45) is 0 Å². The van der Waals surface area contributed by atoms with Crippen LogP contribution < -0.4 is 5.32 Å². The maximum absolute atomic E-state index is 10.7. The van der Waals surface area contributed by atoms with Gasteiger partial charge in [0.05, 0.1) is 9.52 Å². The first-order chi connectivity index (χ1) is 7.74. The number of rotatable bonds is 10. The lowest BCUT2D eigenvalue weighted by atomic mass is 10.4. The summed E-state index contributed by atoms with van der Waals surface area (Å²) in [5, 5.41) is 11.1. The number of amides is 1. The molecule has 0 fully saturated rings. The zero-order valence-corrected chi connectivity index (χ0v) is 11.6. The van der Waals surface area contributed by atoms with Crippen LogP contribution >= 0.6 is 0 Å². The van der Waals surface area contributed by atoms with Crippen molar-refractivity contribution in [3.63, 3.8) is 0 Å². The Balaban J connectivity index is 3.42. The van der Waals surface area contributed by atoms with Gasteiger partial charge in [0.1, 0.15) is 12.5 Å². The van der Waals surface area contributed by atoms with Crippen LogP contribution in [0.3, 0.4) is 0 Å². The van der Waals surface area contributed by atoms with Gasteiger partial charge in [0.25, 0.3) is 0 Å². The largest absolute Gasteiger partial charge is 0.387 e. The normalized spacial score (nSPS) is 11.5. The molecule has 0 unspecified atom stereocenters. The van der Waals surface area contributed by atoms with Gasteiger partial charge in [-0.15, -0.1) is 0 Å². The average molecular weight is 249 g/mol. The van der Waals surface area contributed by atoms with E-state index in [9.17, 15) is 4.79 Å². The number of ether oxygens (including phenoxy) is 2. The first-order valence-electron chi connectivity index (χ1n) is 5.85. The molecule has 2 N–H and O–H groups in total. The third kappa shape index (κ3) is 8.84. The number of hydrogen-bond acceptors (Lipinski definition) is 4. The van der Waals surface area contributed by atoms with Crippen molar-refractivity contribution in [2.45, 2.75) is 32.2 Å². The fourth-order valence-corrected chi connectivity index (χ4v) is 2.98. The highest BCUT2D eigenvalue weighted by Gasteiger charge is 2.07. The van der Waals surface area contributed by atoms with E-state index < -0.39 is 16.1 Å². The number of aliphatic hydroxyl groups excluding tert-OH is 1. The van der Waals surface area contributed by atoms with Gasteiger partial charge >= 0.3 is 0 Å². The first-order valence-corrected chi connectivity index (χ1v) is 7.67. The average Bonchev–Trinajstić information content (AvgIpc) is 2.28. The maximum atomic E-state index is 10.7. The van der Waals surface area contributed by atoms with Crippen LogP contribution in [0.5, 0.6) is 0 Å². The number of hydrogen-bond donors (Lipinski definition) is 2. The maximum Gasteiger partial charge on any atom is 0.245 e. The molecule has 0 rings (SSSR count). The summed E-state index contributed by atoms with van der Waals surface area (Å²) < 4.78 is 10.9. The van der Waals surface area contributed by atoms with Crippen molar-refractivity contribution < 1.29 is 19.4 Å². The molecular formula is C10H23NO4Si. The third-order valence-corrected chi connectivity index (χ3v) is 3.89. The summed E-state index contributed by atoms with van der Waals surface area (Å²) in [5.41, 5.74) is 0. The summed E-state index contributed by atoms with van der Waals surface area (Å²) in [7, 11) is -0.406. The minimum Gasteiger partial charge on any atom is -0.387 e. The van der Waals surface area contributed by atoms with E-state index >= 15 is 0 Å². The van der Waals surface area contributed by atoms with E-state index in [0.29, 0.717) is 19.8 Å². The molecule has 0 saturated heterocycles. The molecule has 0 aliphatic rings. The van der Waals surface area contributed by atoms with Crippen LogP contribution in [0.25, 0.3) is 0 Å². The molecule has 96 valence electrons. The van der Waals surface area contributed by atoms with Gasteiger partial charge in [0, 0.05) is 19.8 Å². The van der Waals surface area contributed by atoms with Crippen molar-refractivity contribution in [2.75, 3.05) is 26.4 Å². The topological polar surface area (TPSA) is 67.8 Å². The predicted molar refractivity (Wildman–Crippen MR) is 65.1 cm³/mol. The van der Waals surface area contributed by atoms with Gasteiger partial charge in [-0.25, -0.2) is 0 Å². The van der Waals surface area contributed by atoms with Gasteiger partial charge in [-0.1, -0.05) is 6.04 Å². The van der Waals surface area contributed by atoms with Crippen LogP contribution in [0, 0.1) is 0 Å². The highest BCUT2D eigenvalue weighted by atomic mass is 28.2. The fraction of sp³-hybridized carbons (Fsp3) is 0.900. The lowest BCUT2D eigenvalue weighted by Crippen LogP contribution is -2.28. The number of carbonyl (C=O) groups is 1. The van der Waals surface area contributed by atoms with Crippen LogP contribution in [-0.2, 0) is 14.3 Å². The molecule has 0 radical (unpaired) electrons. The third-order valence-electron chi connectivity index (χ3n) is 2.04. The smallest absolute Gasteiger partial charge is 0.245 e. The minimum absolute atomic E-state index is 0.00328. The summed E-state index contributed by atoms with van der Waals surface area (Å²) in [4.78, 5) is 10.7. The highest BCUT2D eigenvalue weighted by Crippen LogP contribution is 1.98. The summed E-state index contributed by atoms with van der Waals surface area (Å²) in [5.74, 6) is -0.309. The van der Waals surface area contributed by atoms with Gasteiger partial charge in [0.2, 0.25) is 5.91 Å². The molecule has 0 bridgehead atoms. The second-order valence-corrected chi connectivity index (χ2v) is 5.30. The van der Waals surface area contributed by atoms with E-state index in [1.54, 1.807) is 0 Å². The van der Waals surface area contributed by atoms with Gasteiger partial charge in [-0.2, -0.15) is 0 Å². The molecule has 0 spiro atoms. The van der Waals surface area contributed by atoms with Crippen LogP contribution in [-0.4, -0.2) is 52.8 Å². The molecule has 16 heavy (non-hydrogen) atoms. The molecule has 0 aromatic carbocycles.